The number of nitrogens with zero attached hydrogens (tertiary/aromatic N) is 3. The van der Waals surface area contributed by atoms with E-state index in [0.717, 1.165) is 25.9 Å². The molecule has 9 heteroatoms. The summed E-state index contributed by atoms with van der Waals surface area (Å²) in [4.78, 5) is 15.2. The highest BCUT2D eigenvalue weighted by atomic mass is 19.1. The number of piperidine rings is 1. The molecular formula is C23H23F2N5O2. The third-order valence-corrected chi connectivity index (χ3v) is 5.93. The molecule has 0 spiro atoms. The number of nitrogens with two attached hydrogens (primary N) is 1. The molecule has 166 valence electrons. The highest BCUT2D eigenvalue weighted by Gasteiger charge is 2.30. The maximum Gasteiger partial charge on any atom is 0.199 e. The van der Waals surface area contributed by atoms with Crippen LogP contribution in [-0.4, -0.2) is 58.7 Å². The van der Waals surface area contributed by atoms with Crippen molar-refractivity contribution in [2.24, 2.45) is 15.9 Å². The Balaban J connectivity index is 1.45. The minimum Gasteiger partial charge on any atom is -0.494 e. The summed E-state index contributed by atoms with van der Waals surface area (Å²) >= 11 is 0. The Bertz CT molecular complexity index is 1230. The molecule has 0 atom stereocenters. The zero-order valence-electron chi connectivity index (χ0n) is 17.3. The molecular weight excluding hydrogens is 416 g/mol. The molecule has 0 unspecified atom stereocenters. The van der Waals surface area contributed by atoms with E-state index in [-0.39, 0.29) is 11.9 Å². The van der Waals surface area contributed by atoms with Gasteiger partial charge in [-0.15, -0.1) is 0 Å². The summed E-state index contributed by atoms with van der Waals surface area (Å²) in [6.45, 7) is 2.86. The van der Waals surface area contributed by atoms with Gasteiger partial charge in [-0.1, -0.05) is 5.16 Å². The number of H-pyrrole nitrogens is 1. The van der Waals surface area contributed by atoms with Crippen LogP contribution in [0.1, 0.15) is 24.0 Å². The minimum absolute atomic E-state index is 0.171. The third kappa shape index (κ3) is 3.85. The molecule has 2 aromatic carbocycles. The molecule has 1 saturated heterocycles. The second-order valence-corrected chi connectivity index (χ2v) is 8.11. The van der Waals surface area contributed by atoms with E-state index < -0.39 is 11.6 Å². The zero-order valence-corrected chi connectivity index (χ0v) is 17.3. The van der Waals surface area contributed by atoms with Crippen LogP contribution >= 0.6 is 0 Å². The van der Waals surface area contributed by atoms with E-state index in [2.05, 4.69) is 20.0 Å². The average molecular weight is 439 g/mol. The Morgan fingerprint density at radius 2 is 1.91 bits per heavy atom. The first kappa shape index (κ1) is 20.6. The number of fused-ring (bicyclic) bond motifs is 2. The molecule has 32 heavy (non-hydrogen) atoms. The van der Waals surface area contributed by atoms with Crippen LogP contribution in [0.3, 0.4) is 0 Å². The van der Waals surface area contributed by atoms with E-state index >= 15 is 0 Å². The molecule has 2 aliphatic rings. The number of likely N-dealkylation sites (tertiary alicyclic amines) is 1. The van der Waals surface area contributed by atoms with E-state index in [0.29, 0.717) is 52.3 Å². The minimum atomic E-state index is -0.448. The fraction of sp³-hybridized carbons (Fsp3) is 0.304. The second-order valence-electron chi connectivity index (χ2n) is 8.11. The van der Waals surface area contributed by atoms with Gasteiger partial charge in [0.15, 0.2) is 5.88 Å². The van der Waals surface area contributed by atoms with Crippen molar-refractivity contribution in [2.45, 2.75) is 18.9 Å². The number of benzene rings is 2. The van der Waals surface area contributed by atoms with Gasteiger partial charge in [0.1, 0.15) is 29.7 Å². The highest BCUT2D eigenvalue weighted by molar-refractivity contribution is 6.58. The molecule has 7 nitrogen and oxygen atoms in total. The van der Waals surface area contributed by atoms with E-state index in [1.807, 2.05) is 0 Å². The van der Waals surface area contributed by atoms with Gasteiger partial charge in [0.25, 0.3) is 0 Å². The predicted molar refractivity (Wildman–Crippen MR) is 119 cm³/mol. The number of hydrogen-bond donors (Lipinski definition) is 3. The number of oxime groups is 1. The molecule has 0 saturated carbocycles. The largest absolute Gasteiger partial charge is 0.494 e. The Morgan fingerprint density at radius 1 is 1.16 bits per heavy atom. The summed E-state index contributed by atoms with van der Waals surface area (Å²) in [7, 11) is 0. The Labute approximate surface area is 183 Å². The lowest BCUT2D eigenvalue weighted by atomic mass is 10.0. The molecule has 0 amide bonds. The van der Waals surface area contributed by atoms with Crippen LogP contribution in [0.5, 0.6) is 5.88 Å². The van der Waals surface area contributed by atoms with Crippen LogP contribution in [0.4, 0.5) is 14.5 Å². The molecule has 4 N–H and O–H groups in total. The van der Waals surface area contributed by atoms with Gasteiger partial charge in [-0.2, -0.15) is 0 Å². The Kier molecular flexibility index (Phi) is 5.36. The van der Waals surface area contributed by atoms with E-state index in [9.17, 15) is 13.9 Å². The van der Waals surface area contributed by atoms with Gasteiger partial charge in [0, 0.05) is 29.1 Å². The number of aromatic nitrogens is 1. The lowest BCUT2D eigenvalue weighted by molar-refractivity contribution is 0.100. The highest BCUT2D eigenvalue weighted by Crippen LogP contribution is 2.36. The lowest BCUT2D eigenvalue weighted by Gasteiger charge is -2.29. The summed E-state index contributed by atoms with van der Waals surface area (Å²) in [5, 5.41) is 15.3. The Hall–Kier alpha value is -3.30. The summed E-state index contributed by atoms with van der Waals surface area (Å²) in [5.74, 6) is -1.06. The van der Waals surface area contributed by atoms with Crippen molar-refractivity contribution in [3.63, 3.8) is 0 Å². The van der Waals surface area contributed by atoms with Crippen LogP contribution < -0.4 is 5.73 Å². The fourth-order valence-electron chi connectivity index (χ4n) is 4.21. The molecule has 0 bridgehead atoms. The first-order valence-electron chi connectivity index (χ1n) is 10.6. The van der Waals surface area contributed by atoms with Gasteiger partial charge < -0.3 is 20.7 Å². The van der Waals surface area contributed by atoms with E-state index in [1.165, 1.54) is 36.4 Å². The maximum absolute atomic E-state index is 14.0. The standard InChI is InChI=1S/C23H23F2N5O2/c24-13-1-3-18-16(11-13)20(23(31)28-18)22-21(17-12-14(25)2-4-19(17)27-22)29-32-10-9-30-7-5-15(26)6-8-30/h1-4,11-12,15,28,31H,5-10,26H2/b29-21+. The zero-order chi connectivity index (χ0) is 22.2. The first-order valence-corrected chi connectivity index (χ1v) is 10.6. The van der Waals surface area contributed by atoms with E-state index in [1.54, 1.807) is 0 Å². The number of aromatic hydroxyl groups is 1. The van der Waals surface area contributed by atoms with Crippen molar-refractivity contribution in [3.8, 4) is 5.88 Å². The van der Waals surface area contributed by atoms with Crippen molar-refractivity contribution >= 4 is 28.0 Å². The van der Waals surface area contributed by atoms with Crippen molar-refractivity contribution in [2.75, 3.05) is 26.2 Å². The number of aromatic amines is 1. The molecule has 0 aliphatic carbocycles. The summed E-state index contributed by atoms with van der Waals surface area (Å²) in [5.41, 5.74) is 8.33. The smallest absolute Gasteiger partial charge is 0.199 e. The quantitative estimate of drug-likeness (QED) is 0.419. The van der Waals surface area contributed by atoms with Gasteiger partial charge in [0.2, 0.25) is 0 Å². The molecule has 5 rings (SSSR count). The average Bonchev–Trinajstić information content (AvgIpc) is 3.28. The summed E-state index contributed by atoms with van der Waals surface area (Å²) in [6.07, 6.45) is 1.91. The topological polar surface area (TPSA) is 99.2 Å². The van der Waals surface area contributed by atoms with Crippen LogP contribution in [0.15, 0.2) is 46.5 Å². The van der Waals surface area contributed by atoms with Gasteiger partial charge in [-0.05, 0) is 62.3 Å². The molecule has 3 heterocycles. The molecule has 1 fully saturated rings. The monoisotopic (exact) mass is 439 g/mol. The molecule has 3 aromatic rings. The normalized spacial score (nSPS) is 18.3. The summed E-state index contributed by atoms with van der Waals surface area (Å²) < 4.78 is 27.9. The van der Waals surface area contributed by atoms with Crippen LogP contribution in [0.25, 0.3) is 10.9 Å². The van der Waals surface area contributed by atoms with Crippen LogP contribution in [0.2, 0.25) is 0 Å². The van der Waals surface area contributed by atoms with Gasteiger partial charge in [0.05, 0.1) is 11.3 Å². The van der Waals surface area contributed by atoms with Crippen molar-refractivity contribution in [3.05, 3.63) is 59.2 Å². The SMILES string of the molecule is NC1CCN(CCO/N=C2/C(c3c(O)[nH]c4ccc(F)cc34)=Nc3ccc(F)cc32)CC1. The van der Waals surface area contributed by atoms with Gasteiger partial charge >= 0.3 is 0 Å². The summed E-state index contributed by atoms with van der Waals surface area (Å²) in [6, 6.07) is 8.57. The van der Waals surface area contributed by atoms with Crippen LogP contribution in [-0.2, 0) is 4.84 Å². The first-order chi connectivity index (χ1) is 15.5. The molecule has 0 radical (unpaired) electrons. The number of rotatable bonds is 5. The predicted octanol–water partition coefficient (Wildman–Crippen LogP) is 3.43. The van der Waals surface area contributed by atoms with Crippen molar-refractivity contribution in [1.82, 2.24) is 9.88 Å². The number of halogens is 2. The molecule has 1 aromatic heterocycles. The molecule has 2 aliphatic heterocycles. The van der Waals surface area contributed by atoms with Crippen LogP contribution in [0, 0.1) is 11.6 Å². The van der Waals surface area contributed by atoms with Crippen molar-refractivity contribution < 1.29 is 18.7 Å². The fourth-order valence-corrected chi connectivity index (χ4v) is 4.21. The van der Waals surface area contributed by atoms with Crippen molar-refractivity contribution in [1.29, 1.82) is 0 Å². The number of hydrogen-bond acceptors (Lipinski definition) is 6. The number of aliphatic imine (C=N–C) groups is 1. The van der Waals surface area contributed by atoms with Gasteiger partial charge in [-0.3, -0.25) is 4.90 Å². The maximum atomic E-state index is 14.0. The van der Waals surface area contributed by atoms with Gasteiger partial charge in [-0.25, -0.2) is 13.8 Å². The number of nitrogens with one attached hydrogen (secondary N) is 1. The second kappa shape index (κ2) is 8.33. The lowest BCUT2D eigenvalue weighted by Crippen LogP contribution is -2.40. The Morgan fingerprint density at radius 3 is 2.72 bits per heavy atom. The third-order valence-electron chi connectivity index (χ3n) is 5.93. The van der Waals surface area contributed by atoms with E-state index in [4.69, 9.17) is 10.6 Å².